The first kappa shape index (κ1) is 12.7. The molecule has 0 heterocycles. The van der Waals surface area contributed by atoms with E-state index < -0.39 is 0 Å². The fourth-order valence-corrected chi connectivity index (χ4v) is 1.72. The third kappa shape index (κ3) is 3.33. The van der Waals surface area contributed by atoms with Crippen LogP contribution >= 0.6 is 0 Å². The summed E-state index contributed by atoms with van der Waals surface area (Å²) < 4.78 is 10.4. The van der Waals surface area contributed by atoms with Crippen LogP contribution < -0.4 is 14.8 Å². The lowest BCUT2D eigenvalue weighted by Crippen LogP contribution is -2.14. The molecule has 0 aliphatic carbocycles. The van der Waals surface area contributed by atoms with Gasteiger partial charge in [0.2, 0.25) is 0 Å². The van der Waals surface area contributed by atoms with Gasteiger partial charge in [-0.2, -0.15) is 0 Å². The van der Waals surface area contributed by atoms with Gasteiger partial charge in [0.25, 0.3) is 0 Å². The van der Waals surface area contributed by atoms with Crippen molar-refractivity contribution in [3.63, 3.8) is 0 Å². The van der Waals surface area contributed by atoms with Crippen LogP contribution in [-0.2, 0) is 0 Å². The quantitative estimate of drug-likeness (QED) is 0.802. The molecular formula is C13H21NO2. The zero-order valence-electron chi connectivity index (χ0n) is 10.5. The van der Waals surface area contributed by atoms with Gasteiger partial charge in [0.1, 0.15) is 0 Å². The topological polar surface area (TPSA) is 30.5 Å². The molecule has 0 saturated heterocycles. The van der Waals surface area contributed by atoms with Crippen LogP contribution in [0.5, 0.6) is 11.5 Å². The van der Waals surface area contributed by atoms with Gasteiger partial charge >= 0.3 is 0 Å². The molecule has 0 bridgehead atoms. The average Bonchev–Trinajstić information content (AvgIpc) is 2.29. The number of rotatable bonds is 6. The number of ether oxygens (including phenoxy) is 2. The largest absolute Gasteiger partial charge is 0.493 e. The third-order valence-electron chi connectivity index (χ3n) is 2.52. The molecule has 0 aliphatic rings. The molecule has 0 amide bonds. The standard InChI is InChI=1S/C13H21NO2/c1-5-6-10(2)14-11-7-8-12(15-3)13(9-11)16-4/h7-10,14H,5-6H2,1-4H3. The van der Waals surface area contributed by atoms with Gasteiger partial charge in [-0.15, -0.1) is 0 Å². The zero-order chi connectivity index (χ0) is 12.0. The fraction of sp³-hybridized carbons (Fsp3) is 0.538. The van der Waals surface area contributed by atoms with Crippen LogP contribution in [0.1, 0.15) is 26.7 Å². The number of anilines is 1. The van der Waals surface area contributed by atoms with E-state index in [1.165, 1.54) is 6.42 Å². The lowest BCUT2D eigenvalue weighted by Gasteiger charge is -2.16. The Kier molecular flexibility index (Phi) is 4.96. The van der Waals surface area contributed by atoms with Gasteiger partial charge in [-0.25, -0.2) is 0 Å². The highest BCUT2D eigenvalue weighted by molar-refractivity contribution is 5.55. The first-order valence-corrected chi connectivity index (χ1v) is 5.69. The van der Waals surface area contributed by atoms with Crippen molar-refractivity contribution in [1.82, 2.24) is 0 Å². The summed E-state index contributed by atoms with van der Waals surface area (Å²) in [6.45, 7) is 4.37. The lowest BCUT2D eigenvalue weighted by atomic mass is 10.2. The van der Waals surface area contributed by atoms with Crippen molar-refractivity contribution in [3.8, 4) is 11.5 Å². The van der Waals surface area contributed by atoms with E-state index >= 15 is 0 Å². The Morgan fingerprint density at radius 3 is 2.44 bits per heavy atom. The lowest BCUT2D eigenvalue weighted by molar-refractivity contribution is 0.355. The molecule has 1 aromatic carbocycles. The van der Waals surface area contributed by atoms with E-state index in [1.807, 2.05) is 18.2 Å². The van der Waals surface area contributed by atoms with Gasteiger partial charge in [-0.3, -0.25) is 0 Å². The fourth-order valence-electron chi connectivity index (χ4n) is 1.72. The van der Waals surface area contributed by atoms with Gasteiger partial charge < -0.3 is 14.8 Å². The molecule has 16 heavy (non-hydrogen) atoms. The van der Waals surface area contributed by atoms with Crippen LogP contribution in [0.4, 0.5) is 5.69 Å². The zero-order valence-corrected chi connectivity index (χ0v) is 10.5. The monoisotopic (exact) mass is 223 g/mol. The summed E-state index contributed by atoms with van der Waals surface area (Å²) in [5.74, 6) is 1.52. The van der Waals surface area contributed by atoms with E-state index in [4.69, 9.17) is 9.47 Å². The molecule has 0 aliphatic heterocycles. The molecule has 3 nitrogen and oxygen atoms in total. The van der Waals surface area contributed by atoms with E-state index in [0.29, 0.717) is 6.04 Å². The summed E-state index contributed by atoms with van der Waals surface area (Å²) >= 11 is 0. The van der Waals surface area contributed by atoms with Crippen molar-refractivity contribution in [2.45, 2.75) is 32.7 Å². The second-order valence-electron chi connectivity index (χ2n) is 3.90. The number of hydrogen-bond acceptors (Lipinski definition) is 3. The minimum absolute atomic E-state index is 0.475. The Hall–Kier alpha value is -1.38. The van der Waals surface area contributed by atoms with Gasteiger partial charge in [0.05, 0.1) is 14.2 Å². The van der Waals surface area contributed by atoms with Crippen molar-refractivity contribution in [3.05, 3.63) is 18.2 Å². The normalized spacial score (nSPS) is 12.0. The molecule has 1 unspecified atom stereocenters. The van der Waals surface area contributed by atoms with Gasteiger partial charge in [0, 0.05) is 17.8 Å². The van der Waals surface area contributed by atoms with E-state index in [1.54, 1.807) is 14.2 Å². The maximum atomic E-state index is 5.25. The predicted molar refractivity (Wildman–Crippen MR) is 67.5 cm³/mol. The molecule has 0 spiro atoms. The van der Waals surface area contributed by atoms with E-state index in [9.17, 15) is 0 Å². The van der Waals surface area contributed by atoms with E-state index in [2.05, 4.69) is 19.2 Å². The van der Waals surface area contributed by atoms with Crippen LogP contribution in [0, 0.1) is 0 Å². The van der Waals surface area contributed by atoms with Crippen LogP contribution in [0.3, 0.4) is 0 Å². The number of methoxy groups -OCH3 is 2. The summed E-state index contributed by atoms with van der Waals surface area (Å²) in [6.07, 6.45) is 2.34. The Morgan fingerprint density at radius 2 is 1.88 bits per heavy atom. The summed E-state index contributed by atoms with van der Waals surface area (Å²) in [6, 6.07) is 6.36. The van der Waals surface area contributed by atoms with Crippen LogP contribution in [0.25, 0.3) is 0 Å². The first-order chi connectivity index (χ1) is 7.71. The molecule has 90 valence electrons. The highest BCUT2D eigenvalue weighted by Gasteiger charge is 2.06. The second-order valence-corrected chi connectivity index (χ2v) is 3.90. The summed E-state index contributed by atoms with van der Waals surface area (Å²) in [5, 5.41) is 3.43. The molecule has 0 fully saturated rings. The van der Waals surface area contributed by atoms with Crippen molar-refractivity contribution in [2.75, 3.05) is 19.5 Å². The first-order valence-electron chi connectivity index (χ1n) is 5.69. The van der Waals surface area contributed by atoms with Crippen molar-refractivity contribution in [1.29, 1.82) is 0 Å². The number of benzene rings is 1. The Balaban J connectivity index is 2.74. The maximum absolute atomic E-state index is 5.25. The SMILES string of the molecule is CCCC(C)Nc1ccc(OC)c(OC)c1. The van der Waals surface area contributed by atoms with Crippen molar-refractivity contribution >= 4 is 5.69 Å². The highest BCUT2D eigenvalue weighted by atomic mass is 16.5. The minimum Gasteiger partial charge on any atom is -0.493 e. The molecule has 0 aromatic heterocycles. The number of nitrogens with one attached hydrogen (secondary N) is 1. The summed E-state index contributed by atoms with van der Waals surface area (Å²) in [7, 11) is 3.29. The Bertz CT molecular complexity index is 326. The van der Waals surface area contributed by atoms with E-state index in [0.717, 1.165) is 23.6 Å². The molecule has 1 rings (SSSR count). The van der Waals surface area contributed by atoms with Crippen molar-refractivity contribution < 1.29 is 9.47 Å². The number of hydrogen-bond donors (Lipinski definition) is 1. The summed E-state index contributed by atoms with van der Waals surface area (Å²) in [5.41, 5.74) is 1.07. The van der Waals surface area contributed by atoms with E-state index in [-0.39, 0.29) is 0 Å². The molecule has 1 aromatic rings. The predicted octanol–water partition coefficient (Wildman–Crippen LogP) is 3.30. The van der Waals surface area contributed by atoms with Gasteiger partial charge in [0.15, 0.2) is 11.5 Å². The van der Waals surface area contributed by atoms with Gasteiger partial charge in [-0.1, -0.05) is 13.3 Å². The smallest absolute Gasteiger partial charge is 0.162 e. The third-order valence-corrected chi connectivity index (χ3v) is 2.52. The molecule has 1 atom stereocenters. The van der Waals surface area contributed by atoms with Crippen molar-refractivity contribution in [2.24, 2.45) is 0 Å². The molecular weight excluding hydrogens is 202 g/mol. The summed E-state index contributed by atoms with van der Waals surface area (Å²) in [4.78, 5) is 0. The van der Waals surface area contributed by atoms with Crippen LogP contribution in [-0.4, -0.2) is 20.3 Å². The molecule has 0 saturated carbocycles. The average molecular weight is 223 g/mol. The molecule has 1 N–H and O–H groups in total. The van der Waals surface area contributed by atoms with Crippen LogP contribution in [0.15, 0.2) is 18.2 Å². The molecule has 3 heteroatoms. The highest BCUT2D eigenvalue weighted by Crippen LogP contribution is 2.30. The molecule has 0 radical (unpaired) electrons. The Morgan fingerprint density at radius 1 is 1.19 bits per heavy atom. The maximum Gasteiger partial charge on any atom is 0.162 e. The van der Waals surface area contributed by atoms with Gasteiger partial charge in [-0.05, 0) is 25.5 Å². The minimum atomic E-state index is 0.475. The van der Waals surface area contributed by atoms with Crippen LogP contribution in [0.2, 0.25) is 0 Å². The second kappa shape index (κ2) is 6.26. The Labute approximate surface area is 97.8 Å².